The molecule has 1 spiro atoms. The van der Waals surface area contributed by atoms with E-state index in [0.29, 0.717) is 36.6 Å². The molecular weight excluding hydrogens is 578 g/mol. The number of benzene rings is 2. The van der Waals surface area contributed by atoms with E-state index in [1.807, 2.05) is 63.2 Å². The first-order valence-electron chi connectivity index (χ1n) is 15.3. The second-order valence-corrected chi connectivity index (χ2v) is 12.8. The number of aliphatic hydroxyl groups is 1. The highest BCUT2D eigenvalue weighted by atomic mass is 35.5. The summed E-state index contributed by atoms with van der Waals surface area (Å²) in [6, 6.07) is 13.4. The van der Waals surface area contributed by atoms with Gasteiger partial charge in [0.1, 0.15) is 11.6 Å². The number of carbonyl (C=O) groups is 3. The Morgan fingerprint density at radius 3 is 2.43 bits per heavy atom. The van der Waals surface area contributed by atoms with Gasteiger partial charge in [-0.1, -0.05) is 80.1 Å². The van der Waals surface area contributed by atoms with Gasteiger partial charge >= 0.3 is 0 Å². The van der Waals surface area contributed by atoms with Crippen molar-refractivity contribution in [3.8, 4) is 0 Å². The number of hydrogen-bond donors (Lipinski definition) is 1. The lowest BCUT2D eigenvalue weighted by Crippen LogP contribution is -2.60. The van der Waals surface area contributed by atoms with Gasteiger partial charge in [-0.2, -0.15) is 0 Å². The number of fused-ring (bicyclic) bond motifs is 1. The normalized spacial score (nSPS) is 26.0. The Balaban J connectivity index is 1.59. The highest BCUT2D eigenvalue weighted by Crippen LogP contribution is 2.59. The SMILES string of the molecule is C=CCN(Cc1ccccc1)C(=O)[C@@H]1[C@H]2C(=O)N([C@@H](CO)C(C)C)C(C(=O)N(CC=C)c3c(C)cccc3Cl)C23CC[C@H]1O3. The molecule has 2 aromatic rings. The van der Waals surface area contributed by atoms with Gasteiger partial charge in [0.05, 0.1) is 41.3 Å². The van der Waals surface area contributed by atoms with Gasteiger partial charge < -0.3 is 24.5 Å². The third kappa shape index (κ3) is 5.27. The Labute approximate surface area is 264 Å². The van der Waals surface area contributed by atoms with E-state index in [4.69, 9.17) is 16.3 Å². The second kappa shape index (κ2) is 12.9. The Kier molecular flexibility index (Phi) is 9.35. The lowest BCUT2D eigenvalue weighted by molar-refractivity contribution is -0.148. The van der Waals surface area contributed by atoms with Crippen LogP contribution in [0.5, 0.6) is 0 Å². The largest absolute Gasteiger partial charge is 0.394 e. The molecule has 5 rings (SSSR count). The van der Waals surface area contributed by atoms with E-state index < -0.39 is 35.6 Å². The molecule has 3 fully saturated rings. The van der Waals surface area contributed by atoms with Crippen molar-refractivity contribution >= 4 is 35.0 Å². The minimum atomic E-state index is -1.22. The molecule has 3 saturated heterocycles. The van der Waals surface area contributed by atoms with Gasteiger partial charge in [0, 0.05) is 19.6 Å². The first-order valence-corrected chi connectivity index (χ1v) is 15.7. The summed E-state index contributed by atoms with van der Waals surface area (Å²) < 4.78 is 6.71. The molecule has 0 radical (unpaired) electrons. The summed E-state index contributed by atoms with van der Waals surface area (Å²) in [5, 5.41) is 11.0. The fourth-order valence-corrected chi connectivity index (χ4v) is 7.89. The number of amides is 3. The van der Waals surface area contributed by atoms with Crippen LogP contribution in [0.25, 0.3) is 0 Å². The van der Waals surface area contributed by atoms with E-state index in [1.54, 1.807) is 28.0 Å². The van der Waals surface area contributed by atoms with Crippen LogP contribution in [0.2, 0.25) is 5.02 Å². The molecular formula is C35H42ClN3O5. The number of rotatable bonds is 12. The lowest BCUT2D eigenvalue weighted by Gasteiger charge is -2.40. The van der Waals surface area contributed by atoms with Gasteiger partial charge in [-0.05, 0) is 42.9 Å². The molecule has 1 N–H and O–H groups in total. The number of aliphatic hydroxyl groups excluding tert-OH is 1. The average Bonchev–Trinajstić information content (AvgIpc) is 3.64. The summed E-state index contributed by atoms with van der Waals surface area (Å²) in [4.78, 5) is 48.7. The van der Waals surface area contributed by atoms with Gasteiger partial charge in [-0.15, -0.1) is 13.2 Å². The predicted molar refractivity (Wildman–Crippen MR) is 171 cm³/mol. The summed E-state index contributed by atoms with van der Waals surface area (Å²) in [5.74, 6) is -2.67. The van der Waals surface area contributed by atoms with Crippen molar-refractivity contribution in [2.75, 3.05) is 24.6 Å². The minimum absolute atomic E-state index is 0.157. The Morgan fingerprint density at radius 2 is 1.82 bits per heavy atom. The van der Waals surface area contributed by atoms with Crippen LogP contribution in [0.4, 0.5) is 5.69 Å². The number of likely N-dealkylation sites (tertiary alicyclic amines) is 1. The van der Waals surface area contributed by atoms with Crippen molar-refractivity contribution < 1.29 is 24.2 Å². The summed E-state index contributed by atoms with van der Waals surface area (Å²) in [7, 11) is 0. The van der Waals surface area contributed by atoms with E-state index in [-0.39, 0.29) is 36.8 Å². The number of carbonyl (C=O) groups excluding carboxylic acids is 3. The van der Waals surface area contributed by atoms with Crippen molar-refractivity contribution in [3.63, 3.8) is 0 Å². The maximum atomic E-state index is 14.9. The Hall–Kier alpha value is -3.46. The summed E-state index contributed by atoms with van der Waals surface area (Å²) in [6.45, 7) is 13.9. The molecule has 3 aliphatic heterocycles. The Morgan fingerprint density at radius 1 is 1.11 bits per heavy atom. The summed E-state index contributed by atoms with van der Waals surface area (Å²) in [6.07, 6.45) is 3.80. The maximum Gasteiger partial charge on any atom is 0.253 e. The molecule has 8 nitrogen and oxygen atoms in total. The van der Waals surface area contributed by atoms with Gasteiger partial charge in [0.25, 0.3) is 5.91 Å². The zero-order chi connectivity index (χ0) is 31.8. The van der Waals surface area contributed by atoms with Crippen molar-refractivity contribution in [2.45, 2.75) is 63.9 Å². The Bertz CT molecular complexity index is 1410. The molecule has 6 atom stereocenters. The van der Waals surface area contributed by atoms with E-state index in [9.17, 15) is 19.5 Å². The molecule has 3 heterocycles. The van der Waals surface area contributed by atoms with Gasteiger partial charge in [-0.25, -0.2) is 0 Å². The predicted octanol–water partition coefficient (Wildman–Crippen LogP) is 4.77. The third-order valence-corrected chi connectivity index (χ3v) is 9.79. The average molecular weight is 620 g/mol. The first kappa shape index (κ1) is 31.9. The standard InChI is InChI=1S/C35H42ClN3O5/c1-6-18-37(20-24-13-9-8-10-14-24)32(41)28-27-16-17-35(44-27)29(28)33(42)39(26(21-40)22(3)4)31(35)34(43)38(19-7-2)30-23(5)12-11-15-25(30)36/h6-15,22,26-29,31,40H,1-2,16-21H2,3-5H3/t26-,27+,28-,29-,31?,35?/m0/s1. The highest BCUT2D eigenvalue weighted by Gasteiger charge is 2.75. The molecule has 44 heavy (non-hydrogen) atoms. The highest BCUT2D eigenvalue weighted by molar-refractivity contribution is 6.34. The van der Waals surface area contributed by atoms with Crippen LogP contribution in [0.15, 0.2) is 73.8 Å². The maximum absolute atomic E-state index is 14.9. The topological polar surface area (TPSA) is 90.4 Å². The molecule has 0 saturated carbocycles. The number of anilines is 1. The zero-order valence-electron chi connectivity index (χ0n) is 25.7. The fourth-order valence-electron chi connectivity index (χ4n) is 7.57. The van der Waals surface area contributed by atoms with Crippen molar-refractivity contribution in [1.82, 2.24) is 9.80 Å². The quantitative estimate of drug-likeness (QED) is 0.346. The number of para-hydroxylation sites is 1. The van der Waals surface area contributed by atoms with E-state index in [1.165, 1.54) is 4.90 Å². The van der Waals surface area contributed by atoms with Gasteiger partial charge in [0.15, 0.2) is 0 Å². The second-order valence-electron chi connectivity index (χ2n) is 12.4. The van der Waals surface area contributed by atoms with Crippen molar-refractivity contribution in [2.24, 2.45) is 17.8 Å². The third-order valence-electron chi connectivity index (χ3n) is 9.48. The van der Waals surface area contributed by atoms with Crippen LogP contribution < -0.4 is 4.90 Å². The summed E-state index contributed by atoms with van der Waals surface area (Å²) >= 11 is 6.66. The van der Waals surface area contributed by atoms with Crippen LogP contribution >= 0.6 is 11.6 Å². The number of aryl methyl sites for hydroxylation is 1. The molecule has 2 unspecified atom stereocenters. The number of ether oxygens (including phenoxy) is 1. The molecule has 234 valence electrons. The molecule has 3 aliphatic rings. The van der Waals surface area contributed by atoms with E-state index in [2.05, 4.69) is 13.2 Å². The van der Waals surface area contributed by atoms with Crippen molar-refractivity contribution in [3.05, 3.63) is 90.0 Å². The number of hydrogen-bond acceptors (Lipinski definition) is 5. The van der Waals surface area contributed by atoms with Crippen molar-refractivity contribution in [1.29, 1.82) is 0 Å². The summed E-state index contributed by atoms with van der Waals surface area (Å²) in [5.41, 5.74) is 1.08. The molecule has 2 bridgehead atoms. The minimum Gasteiger partial charge on any atom is -0.394 e. The van der Waals surface area contributed by atoms with Crippen LogP contribution in [-0.2, 0) is 25.7 Å². The van der Waals surface area contributed by atoms with Crippen LogP contribution in [0, 0.1) is 24.7 Å². The monoisotopic (exact) mass is 619 g/mol. The zero-order valence-corrected chi connectivity index (χ0v) is 26.5. The van der Waals surface area contributed by atoms with Crippen LogP contribution in [-0.4, -0.2) is 76.1 Å². The van der Waals surface area contributed by atoms with Gasteiger partial charge in [-0.3, -0.25) is 14.4 Å². The smallest absolute Gasteiger partial charge is 0.253 e. The molecule has 0 aliphatic carbocycles. The van der Waals surface area contributed by atoms with Crippen LogP contribution in [0.3, 0.4) is 0 Å². The van der Waals surface area contributed by atoms with E-state index in [0.717, 1.165) is 11.1 Å². The molecule has 9 heteroatoms. The number of nitrogens with zero attached hydrogens (tertiary/aromatic N) is 3. The first-order chi connectivity index (χ1) is 21.1. The van der Waals surface area contributed by atoms with Gasteiger partial charge in [0.2, 0.25) is 11.8 Å². The lowest BCUT2D eigenvalue weighted by atomic mass is 9.70. The van der Waals surface area contributed by atoms with E-state index >= 15 is 0 Å². The number of halogens is 1. The molecule has 2 aromatic carbocycles. The van der Waals surface area contributed by atoms with Crippen LogP contribution in [0.1, 0.15) is 37.8 Å². The fraction of sp³-hybridized carbons (Fsp3) is 0.457. The molecule has 0 aromatic heterocycles. The molecule has 3 amide bonds.